The Labute approximate surface area is 125 Å². The maximum Gasteiger partial charge on any atom is 0.573 e. The van der Waals surface area contributed by atoms with Crippen LogP contribution in [0.3, 0.4) is 0 Å². The summed E-state index contributed by atoms with van der Waals surface area (Å²) in [6.45, 7) is 0. The van der Waals surface area contributed by atoms with E-state index in [0.29, 0.717) is 0 Å². The van der Waals surface area contributed by atoms with Gasteiger partial charge in [-0.3, -0.25) is 0 Å². The number of hydrogen-bond donors (Lipinski definition) is 1. The molecule has 0 amide bonds. The molecule has 0 spiro atoms. The second-order valence-electron chi connectivity index (χ2n) is 4.01. The number of aliphatic hydroxyl groups excluding tert-OH is 1. The maximum atomic E-state index is 12.3. The first-order valence-corrected chi connectivity index (χ1v) is 7.23. The van der Waals surface area contributed by atoms with Crippen LogP contribution in [-0.4, -0.2) is 11.5 Å². The van der Waals surface area contributed by atoms with Gasteiger partial charge in [-0.15, -0.1) is 24.5 Å². The molecule has 0 fully saturated rings. The van der Waals surface area contributed by atoms with Gasteiger partial charge in [0.05, 0.1) is 9.89 Å². The van der Waals surface area contributed by atoms with E-state index in [1.165, 1.54) is 29.5 Å². The van der Waals surface area contributed by atoms with Crippen molar-refractivity contribution in [2.75, 3.05) is 0 Å². The third-order valence-electron chi connectivity index (χ3n) is 2.53. The zero-order valence-electron chi connectivity index (χ0n) is 10.0. The minimum Gasteiger partial charge on any atom is -0.405 e. The van der Waals surface area contributed by atoms with E-state index in [0.717, 1.165) is 8.66 Å². The summed E-state index contributed by atoms with van der Waals surface area (Å²) in [6.07, 6.45) is -5.60. The summed E-state index contributed by atoms with van der Waals surface area (Å²) in [7, 11) is 0. The Morgan fingerprint density at radius 1 is 1.20 bits per heavy atom. The summed E-state index contributed by atoms with van der Waals surface area (Å²) < 4.78 is 41.8. The highest BCUT2D eigenvalue weighted by atomic mass is 79.9. The van der Waals surface area contributed by atoms with Gasteiger partial charge < -0.3 is 9.84 Å². The smallest absolute Gasteiger partial charge is 0.405 e. The van der Waals surface area contributed by atoms with Crippen LogP contribution in [0.4, 0.5) is 13.2 Å². The van der Waals surface area contributed by atoms with Crippen molar-refractivity contribution in [3.63, 3.8) is 0 Å². The van der Waals surface area contributed by atoms with Gasteiger partial charge in [-0.2, -0.15) is 0 Å². The lowest BCUT2D eigenvalue weighted by molar-refractivity contribution is -0.275. The molecule has 2 nitrogen and oxygen atoms in total. The van der Waals surface area contributed by atoms with Gasteiger partial charge in [-0.1, -0.05) is 18.2 Å². The van der Waals surface area contributed by atoms with E-state index in [1.54, 1.807) is 6.07 Å². The highest BCUT2D eigenvalue weighted by Gasteiger charge is 2.32. The average Bonchev–Trinajstić information content (AvgIpc) is 2.73. The number of benzene rings is 1. The van der Waals surface area contributed by atoms with Crippen molar-refractivity contribution in [3.8, 4) is 5.75 Å². The Bertz CT molecular complexity index is 583. The first-order chi connectivity index (χ1) is 9.35. The summed E-state index contributed by atoms with van der Waals surface area (Å²) in [6, 6.07) is 9.24. The molecule has 1 atom stereocenters. The lowest BCUT2D eigenvalue weighted by Gasteiger charge is -2.16. The SMILES string of the molecule is OC(Cc1ccc(Br)s1)c1ccccc1OC(F)(F)F. The van der Waals surface area contributed by atoms with Crippen LogP contribution in [0.1, 0.15) is 16.5 Å². The fraction of sp³-hybridized carbons (Fsp3) is 0.231. The molecule has 1 N–H and O–H groups in total. The fourth-order valence-corrected chi connectivity index (χ4v) is 3.26. The molecule has 0 aliphatic carbocycles. The Balaban J connectivity index is 2.19. The Morgan fingerprint density at radius 3 is 2.50 bits per heavy atom. The summed E-state index contributed by atoms with van der Waals surface area (Å²) in [5.41, 5.74) is 0.120. The molecule has 1 heterocycles. The van der Waals surface area contributed by atoms with E-state index in [4.69, 9.17) is 0 Å². The first-order valence-electron chi connectivity index (χ1n) is 5.62. The zero-order chi connectivity index (χ0) is 14.8. The molecule has 0 bridgehead atoms. The fourth-order valence-electron chi connectivity index (χ4n) is 1.74. The summed E-state index contributed by atoms with van der Waals surface area (Å²) >= 11 is 4.72. The molecule has 108 valence electrons. The molecule has 0 saturated heterocycles. The highest BCUT2D eigenvalue weighted by Crippen LogP contribution is 2.33. The number of hydrogen-bond acceptors (Lipinski definition) is 3. The molecular weight excluding hydrogens is 357 g/mol. The zero-order valence-corrected chi connectivity index (χ0v) is 12.4. The molecule has 1 aromatic carbocycles. The molecule has 2 rings (SSSR count). The van der Waals surface area contributed by atoms with Gasteiger partial charge in [0, 0.05) is 16.9 Å². The van der Waals surface area contributed by atoms with E-state index < -0.39 is 12.5 Å². The van der Waals surface area contributed by atoms with E-state index in [1.807, 2.05) is 12.1 Å². The standard InChI is InChI=1S/C13H10BrF3O2S/c14-12-6-5-8(20-12)7-10(18)9-3-1-2-4-11(9)19-13(15,16)17/h1-6,10,18H,7H2. The molecule has 0 radical (unpaired) electrons. The van der Waals surface area contributed by atoms with Crippen molar-refractivity contribution < 1.29 is 23.0 Å². The quantitative estimate of drug-likeness (QED) is 0.850. The van der Waals surface area contributed by atoms with Crippen LogP contribution in [0.25, 0.3) is 0 Å². The number of thiophene rings is 1. The number of ether oxygens (including phenoxy) is 1. The lowest BCUT2D eigenvalue weighted by atomic mass is 10.0. The predicted octanol–water partition coefficient (Wildman–Crippen LogP) is 4.69. The van der Waals surface area contributed by atoms with Crippen molar-refractivity contribution in [1.82, 2.24) is 0 Å². The van der Waals surface area contributed by atoms with Crippen LogP contribution in [0.5, 0.6) is 5.75 Å². The molecule has 2 aromatic rings. The van der Waals surface area contributed by atoms with Crippen molar-refractivity contribution in [3.05, 3.63) is 50.6 Å². The molecular formula is C13H10BrF3O2S. The number of rotatable bonds is 4. The normalized spacial score (nSPS) is 13.2. The van der Waals surface area contributed by atoms with Crippen LogP contribution in [-0.2, 0) is 6.42 Å². The van der Waals surface area contributed by atoms with E-state index >= 15 is 0 Å². The molecule has 0 aliphatic rings. The van der Waals surface area contributed by atoms with Gasteiger partial charge in [0.2, 0.25) is 0 Å². The molecule has 1 unspecified atom stereocenters. The Hall–Kier alpha value is -1.05. The first kappa shape index (κ1) is 15.3. The topological polar surface area (TPSA) is 29.5 Å². The third kappa shape index (κ3) is 4.22. The van der Waals surface area contributed by atoms with Crippen molar-refractivity contribution in [2.24, 2.45) is 0 Å². The highest BCUT2D eigenvalue weighted by molar-refractivity contribution is 9.11. The molecule has 0 aliphatic heterocycles. The van der Waals surface area contributed by atoms with E-state index in [-0.39, 0.29) is 17.7 Å². The van der Waals surface area contributed by atoms with E-state index in [9.17, 15) is 18.3 Å². The second-order valence-corrected chi connectivity index (χ2v) is 6.56. The van der Waals surface area contributed by atoms with Crippen LogP contribution in [0.15, 0.2) is 40.2 Å². The van der Waals surface area contributed by atoms with E-state index in [2.05, 4.69) is 20.7 Å². The van der Waals surface area contributed by atoms with Crippen LogP contribution in [0.2, 0.25) is 0 Å². The summed E-state index contributed by atoms with van der Waals surface area (Å²) in [5.74, 6) is -0.372. The van der Waals surface area contributed by atoms with Gasteiger partial charge in [0.15, 0.2) is 0 Å². The maximum absolute atomic E-state index is 12.3. The van der Waals surface area contributed by atoms with Gasteiger partial charge in [0.1, 0.15) is 5.75 Å². The minimum absolute atomic E-state index is 0.120. The minimum atomic E-state index is -4.78. The Morgan fingerprint density at radius 2 is 1.90 bits per heavy atom. The molecule has 7 heteroatoms. The van der Waals surface area contributed by atoms with Gasteiger partial charge >= 0.3 is 6.36 Å². The van der Waals surface area contributed by atoms with Crippen molar-refractivity contribution >= 4 is 27.3 Å². The van der Waals surface area contributed by atoms with Crippen molar-refractivity contribution in [1.29, 1.82) is 0 Å². The van der Waals surface area contributed by atoms with Gasteiger partial charge in [0.25, 0.3) is 0 Å². The molecule has 20 heavy (non-hydrogen) atoms. The number of aliphatic hydroxyl groups is 1. The van der Waals surface area contributed by atoms with Crippen LogP contribution < -0.4 is 4.74 Å². The average molecular weight is 367 g/mol. The van der Waals surface area contributed by atoms with Gasteiger partial charge in [-0.25, -0.2) is 0 Å². The third-order valence-corrected chi connectivity index (χ3v) is 4.17. The monoisotopic (exact) mass is 366 g/mol. The van der Waals surface area contributed by atoms with Crippen molar-refractivity contribution in [2.45, 2.75) is 18.9 Å². The lowest BCUT2D eigenvalue weighted by Crippen LogP contribution is -2.19. The predicted molar refractivity (Wildman–Crippen MR) is 73.8 cm³/mol. The Kier molecular flexibility index (Phi) is 4.72. The van der Waals surface area contributed by atoms with Crippen LogP contribution in [0, 0.1) is 0 Å². The molecule has 0 saturated carbocycles. The van der Waals surface area contributed by atoms with Crippen LogP contribution >= 0.6 is 27.3 Å². The summed E-state index contributed by atoms with van der Waals surface area (Å²) in [5, 5.41) is 10.1. The largest absolute Gasteiger partial charge is 0.573 e. The summed E-state index contributed by atoms with van der Waals surface area (Å²) in [4.78, 5) is 0.867. The molecule has 1 aromatic heterocycles. The van der Waals surface area contributed by atoms with Gasteiger partial charge in [-0.05, 0) is 34.1 Å². The second kappa shape index (κ2) is 6.15. The number of halogens is 4. The number of para-hydroxylation sites is 1. The number of alkyl halides is 3.